The summed E-state index contributed by atoms with van der Waals surface area (Å²) in [4.78, 5) is 9.25. The first kappa shape index (κ1) is 14.0. The number of nitriles is 1. The average molecular weight is 281 g/mol. The molecule has 0 bridgehead atoms. The smallest absolute Gasteiger partial charge is 0.417 e. The van der Waals surface area contributed by atoms with Gasteiger partial charge in [-0.15, -0.1) is 0 Å². The lowest BCUT2D eigenvalue weighted by Gasteiger charge is -2.14. The van der Waals surface area contributed by atoms with Crippen LogP contribution in [-0.2, 0) is 18.0 Å². The van der Waals surface area contributed by atoms with E-state index in [0.717, 1.165) is 12.1 Å². The van der Waals surface area contributed by atoms with Gasteiger partial charge in [0, 0.05) is 6.66 Å². The number of alkyl halides is 3. The normalized spacial score (nSPS) is 14.8. The van der Waals surface area contributed by atoms with E-state index in [1.807, 2.05) is 0 Å². The highest BCUT2D eigenvalue weighted by Gasteiger charge is 2.34. The Labute approximate surface area is 101 Å². The fourth-order valence-corrected chi connectivity index (χ4v) is 1.87. The van der Waals surface area contributed by atoms with Crippen molar-refractivity contribution in [1.82, 2.24) is 0 Å². The highest BCUT2D eigenvalue weighted by molar-refractivity contribution is 8.09. The molecule has 1 N–H and O–H groups in total. The summed E-state index contributed by atoms with van der Waals surface area (Å²) < 4.78 is 42.5. The molecule has 0 saturated heterocycles. The second-order valence-corrected chi connectivity index (χ2v) is 7.03. The van der Waals surface area contributed by atoms with Crippen LogP contribution in [0.4, 0.5) is 13.2 Å². The number of nitrogens with zero attached hydrogens (tertiary/aromatic N) is 1. The van der Waals surface area contributed by atoms with Crippen LogP contribution in [-0.4, -0.2) is 11.6 Å². The third-order valence-electron chi connectivity index (χ3n) is 1.69. The molecular weight excluding hydrogens is 274 g/mol. The summed E-state index contributed by atoms with van der Waals surface area (Å²) in [7, 11) is 0. The fraction of sp³-hybridized carbons (Fsp3) is 0.222. The first-order chi connectivity index (χ1) is 7.63. The Balaban J connectivity index is 3.25. The van der Waals surface area contributed by atoms with Gasteiger partial charge in [-0.05, 0) is 30.0 Å². The van der Waals surface area contributed by atoms with Crippen molar-refractivity contribution in [2.45, 2.75) is 6.18 Å². The fourth-order valence-electron chi connectivity index (χ4n) is 1.11. The van der Waals surface area contributed by atoms with Gasteiger partial charge >= 0.3 is 6.18 Å². The summed E-state index contributed by atoms with van der Waals surface area (Å²) in [5.41, 5.74) is -1.62. The average Bonchev–Trinajstić information content (AvgIpc) is 2.13. The molecule has 0 aliphatic carbocycles. The summed E-state index contributed by atoms with van der Waals surface area (Å²) in [6.45, 7) is -1.88. The van der Waals surface area contributed by atoms with Gasteiger partial charge in [0.15, 0.2) is 0 Å². The summed E-state index contributed by atoms with van der Waals surface area (Å²) in [6.07, 6.45) is -4.66. The van der Waals surface area contributed by atoms with Gasteiger partial charge in [-0.2, -0.15) is 18.4 Å². The van der Waals surface area contributed by atoms with Crippen LogP contribution in [0.1, 0.15) is 11.1 Å². The molecular formula is C9H7F3NO2PS. The van der Waals surface area contributed by atoms with Crippen molar-refractivity contribution in [2.24, 2.45) is 0 Å². The van der Waals surface area contributed by atoms with Crippen molar-refractivity contribution < 1.29 is 22.6 Å². The quantitative estimate of drug-likeness (QED) is 0.847. The van der Waals surface area contributed by atoms with E-state index in [2.05, 4.69) is 11.8 Å². The minimum atomic E-state index is -4.66. The van der Waals surface area contributed by atoms with Gasteiger partial charge in [0.25, 0.3) is 0 Å². The van der Waals surface area contributed by atoms with Crippen LogP contribution in [0.3, 0.4) is 0 Å². The molecule has 1 unspecified atom stereocenters. The number of hydrogen-bond donors (Lipinski definition) is 1. The summed E-state index contributed by atoms with van der Waals surface area (Å²) >= 11 is 4.56. The van der Waals surface area contributed by atoms with Crippen molar-refractivity contribution in [3.63, 3.8) is 0 Å². The molecule has 0 heterocycles. The molecule has 8 heteroatoms. The first-order valence-electron chi connectivity index (χ1n) is 4.25. The third-order valence-corrected chi connectivity index (χ3v) is 2.46. The Bertz CT molecular complexity index is 518. The molecule has 0 aromatic heterocycles. The molecule has 0 fully saturated rings. The third kappa shape index (κ3) is 4.00. The topological polar surface area (TPSA) is 53.2 Å². The zero-order chi connectivity index (χ0) is 13.3. The van der Waals surface area contributed by atoms with Crippen LogP contribution < -0.4 is 4.52 Å². The van der Waals surface area contributed by atoms with Crippen molar-refractivity contribution in [2.75, 3.05) is 6.66 Å². The zero-order valence-corrected chi connectivity index (χ0v) is 10.2. The lowest BCUT2D eigenvalue weighted by Crippen LogP contribution is -2.08. The first-order valence-corrected chi connectivity index (χ1v) is 7.37. The minimum absolute atomic E-state index is 0.204. The van der Waals surface area contributed by atoms with E-state index in [9.17, 15) is 18.1 Å². The maximum absolute atomic E-state index is 12.6. The standard InChI is InChI=1S/C9H7F3NO2PS/c1-16(14,17)15-7-3-2-6(5-13)8(4-7)9(10,11)12/h2-4H,1H3,(H,14,17). The molecule has 0 amide bonds. The second kappa shape index (κ2) is 4.65. The van der Waals surface area contributed by atoms with Crippen molar-refractivity contribution in [3.8, 4) is 11.8 Å². The largest absolute Gasteiger partial charge is 0.444 e. The Morgan fingerprint density at radius 2 is 2.06 bits per heavy atom. The van der Waals surface area contributed by atoms with Gasteiger partial charge in [-0.1, -0.05) is 0 Å². The van der Waals surface area contributed by atoms with E-state index in [1.54, 1.807) is 0 Å². The Hall–Kier alpha value is -1.09. The van der Waals surface area contributed by atoms with Gasteiger partial charge in [0.05, 0.1) is 17.2 Å². The predicted octanol–water partition coefficient (Wildman–Crippen LogP) is 2.89. The molecule has 0 radical (unpaired) electrons. The van der Waals surface area contributed by atoms with Gasteiger partial charge in [-0.3, -0.25) is 0 Å². The van der Waals surface area contributed by atoms with Crippen LogP contribution in [0.15, 0.2) is 18.2 Å². The molecule has 1 rings (SSSR count). The molecule has 0 spiro atoms. The molecule has 17 heavy (non-hydrogen) atoms. The lowest BCUT2D eigenvalue weighted by atomic mass is 10.1. The molecule has 92 valence electrons. The van der Waals surface area contributed by atoms with Crippen molar-refractivity contribution in [3.05, 3.63) is 29.3 Å². The SMILES string of the molecule is CP(O)(=S)Oc1ccc(C#N)c(C(F)(F)F)c1. The highest BCUT2D eigenvalue weighted by Crippen LogP contribution is 2.41. The molecule has 1 aromatic carbocycles. The van der Waals surface area contributed by atoms with Gasteiger partial charge < -0.3 is 9.42 Å². The van der Waals surface area contributed by atoms with E-state index in [-0.39, 0.29) is 5.75 Å². The van der Waals surface area contributed by atoms with Gasteiger partial charge in [0.1, 0.15) is 5.75 Å². The van der Waals surface area contributed by atoms with Gasteiger partial charge in [0.2, 0.25) is 6.49 Å². The highest BCUT2D eigenvalue weighted by atomic mass is 32.5. The maximum Gasteiger partial charge on any atom is 0.417 e. The van der Waals surface area contributed by atoms with E-state index in [1.165, 1.54) is 12.7 Å². The minimum Gasteiger partial charge on any atom is -0.444 e. The molecule has 1 atom stereocenters. The summed E-state index contributed by atoms with van der Waals surface area (Å²) in [6, 6.07) is 4.23. The Morgan fingerprint density at radius 3 is 2.47 bits per heavy atom. The molecule has 1 aromatic rings. The molecule has 0 saturated carbocycles. The van der Waals surface area contributed by atoms with Crippen LogP contribution in [0.25, 0.3) is 0 Å². The van der Waals surface area contributed by atoms with Crippen molar-refractivity contribution in [1.29, 1.82) is 5.26 Å². The number of benzene rings is 1. The summed E-state index contributed by atoms with van der Waals surface area (Å²) in [5, 5.41) is 8.55. The molecule has 3 nitrogen and oxygen atoms in total. The van der Waals surface area contributed by atoms with E-state index in [4.69, 9.17) is 9.79 Å². The Kier molecular flexibility index (Phi) is 3.82. The van der Waals surface area contributed by atoms with E-state index >= 15 is 0 Å². The predicted molar refractivity (Wildman–Crippen MR) is 59.2 cm³/mol. The number of halogens is 3. The lowest BCUT2D eigenvalue weighted by molar-refractivity contribution is -0.137. The Morgan fingerprint density at radius 1 is 1.47 bits per heavy atom. The van der Waals surface area contributed by atoms with E-state index < -0.39 is 23.8 Å². The van der Waals surface area contributed by atoms with E-state index in [0.29, 0.717) is 6.07 Å². The maximum atomic E-state index is 12.6. The van der Waals surface area contributed by atoms with Crippen LogP contribution in [0.5, 0.6) is 5.75 Å². The molecule has 0 aliphatic heterocycles. The number of rotatable bonds is 2. The zero-order valence-electron chi connectivity index (χ0n) is 8.52. The monoisotopic (exact) mass is 281 g/mol. The molecule has 0 aliphatic rings. The van der Waals surface area contributed by atoms with Crippen LogP contribution in [0.2, 0.25) is 0 Å². The van der Waals surface area contributed by atoms with Gasteiger partial charge in [-0.25, -0.2) is 0 Å². The number of hydrogen-bond acceptors (Lipinski definition) is 3. The van der Waals surface area contributed by atoms with Crippen LogP contribution in [0, 0.1) is 11.3 Å². The second-order valence-electron chi connectivity index (χ2n) is 3.21. The van der Waals surface area contributed by atoms with Crippen molar-refractivity contribution >= 4 is 18.3 Å². The van der Waals surface area contributed by atoms with Crippen LogP contribution >= 0.6 is 6.49 Å². The summed E-state index contributed by atoms with van der Waals surface area (Å²) in [5.74, 6) is -0.204.